The normalized spacial score (nSPS) is 21.7. The predicted octanol–water partition coefficient (Wildman–Crippen LogP) is 1.72. The molecule has 0 atom stereocenters. The van der Waals surface area contributed by atoms with Gasteiger partial charge in [0.15, 0.2) is 11.6 Å². The fourth-order valence-electron chi connectivity index (χ4n) is 3.26. The average Bonchev–Trinajstić information content (AvgIpc) is 3.33. The molecule has 0 aromatic heterocycles. The molecule has 2 aliphatic rings. The maximum atomic E-state index is 13.7. The van der Waals surface area contributed by atoms with Crippen LogP contribution in [0.1, 0.15) is 36.0 Å². The molecule has 1 aromatic carbocycles. The third-order valence-electron chi connectivity index (χ3n) is 5.05. The highest BCUT2D eigenvalue weighted by Gasteiger charge is 2.58. The molecule has 126 valence electrons. The van der Waals surface area contributed by atoms with Crippen molar-refractivity contribution >= 4 is 5.91 Å². The minimum absolute atomic E-state index is 0.199. The first-order valence-electron chi connectivity index (χ1n) is 7.64. The van der Waals surface area contributed by atoms with Crippen molar-refractivity contribution in [1.82, 2.24) is 5.32 Å². The van der Waals surface area contributed by atoms with E-state index in [2.05, 4.69) is 5.32 Å². The van der Waals surface area contributed by atoms with Gasteiger partial charge in [0.2, 0.25) is 5.82 Å². The van der Waals surface area contributed by atoms with Gasteiger partial charge in [-0.1, -0.05) is 0 Å². The lowest BCUT2D eigenvalue weighted by molar-refractivity contribution is -0.108. The second-order valence-corrected chi connectivity index (χ2v) is 6.37. The van der Waals surface area contributed by atoms with E-state index in [4.69, 9.17) is 9.84 Å². The zero-order valence-corrected chi connectivity index (χ0v) is 12.6. The first kappa shape index (κ1) is 16.1. The number of hydrogen-bond donors (Lipinski definition) is 3. The number of carbonyl (C=O) groups is 1. The Balaban J connectivity index is 1.69. The average molecular weight is 327 g/mol. The van der Waals surface area contributed by atoms with Gasteiger partial charge in [0.1, 0.15) is 0 Å². The minimum Gasteiger partial charge on any atom is -0.505 e. The molecule has 3 rings (SSSR count). The van der Waals surface area contributed by atoms with Crippen molar-refractivity contribution in [3.63, 3.8) is 0 Å². The van der Waals surface area contributed by atoms with Crippen LogP contribution < -0.4 is 5.32 Å². The molecule has 0 unspecified atom stereocenters. The fourth-order valence-corrected chi connectivity index (χ4v) is 3.26. The van der Waals surface area contributed by atoms with Gasteiger partial charge in [-0.25, -0.2) is 4.39 Å². The van der Waals surface area contributed by atoms with Crippen molar-refractivity contribution in [3.05, 3.63) is 29.3 Å². The van der Waals surface area contributed by atoms with Crippen molar-refractivity contribution in [3.8, 4) is 5.75 Å². The van der Waals surface area contributed by atoms with Crippen molar-refractivity contribution < 1.29 is 28.5 Å². The van der Waals surface area contributed by atoms with E-state index in [1.807, 2.05) is 0 Å². The molecule has 3 N–H and O–H groups in total. The number of phenols is 1. The van der Waals surface area contributed by atoms with Crippen molar-refractivity contribution in [2.45, 2.75) is 31.3 Å². The molecule has 0 bridgehead atoms. The summed E-state index contributed by atoms with van der Waals surface area (Å²) in [5.41, 5.74) is -1.77. The molecular formula is C16H19F2NO4. The van der Waals surface area contributed by atoms with Crippen LogP contribution in [0.25, 0.3) is 0 Å². The third-order valence-corrected chi connectivity index (χ3v) is 5.05. The van der Waals surface area contributed by atoms with E-state index in [0.717, 1.165) is 25.0 Å². The molecule has 1 aliphatic heterocycles. The molecule has 2 fully saturated rings. The van der Waals surface area contributed by atoms with E-state index >= 15 is 0 Å². The highest BCUT2D eigenvalue weighted by atomic mass is 19.2. The van der Waals surface area contributed by atoms with Crippen LogP contribution in [0.3, 0.4) is 0 Å². The number of nitrogens with one attached hydrogen (secondary N) is 1. The van der Waals surface area contributed by atoms with E-state index in [1.165, 1.54) is 0 Å². The summed E-state index contributed by atoms with van der Waals surface area (Å²) >= 11 is 0. The molecular weight excluding hydrogens is 308 g/mol. The SMILES string of the molecule is O=C(NCC1(C2(O)CCOCC2)CC1)c1ccc(O)c(F)c1F. The van der Waals surface area contributed by atoms with Gasteiger partial charge in [-0.3, -0.25) is 4.79 Å². The Bertz CT molecular complexity index is 625. The zero-order chi connectivity index (χ0) is 16.7. The zero-order valence-electron chi connectivity index (χ0n) is 12.6. The molecule has 0 spiro atoms. The summed E-state index contributed by atoms with van der Waals surface area (Å²) in [6.45, 7) is 1.15. The Labute approximate surface area is 132 Å². The second kappa shape index (κ2) is 5.72. The standard InChI is InChI=1S/C16H19F2NO4/c17-12-10(1-2-11(20)13(12)18)14(21)19-9-15(3-4-15)16(22)5-7-23-8-6-16/h1-2,20,22H,3-9H2,(H,19,21). The molecule has 1 aliphatic carbocycles. The highest BCUT2D eigenvalue weighted by molar-refractivity contribution is 5.94. The third kappa shape index (κ3) is 2.79. The Kier molecular flexibility index (Phi) is 4.01. The van der Waals surface area contributed by atoms with Gasteiger partial charge in [-0.05, 0) is 25.0 Å². The molecule has 23 heavy (non-hydrogen) atoms. The number of halogens is 2. The lowest BCUT2D eigenvalue weighted by atomic mass is 9.78. The van der Waals surface area contributed by atoms with E-state index in [-0.39, 0.29) is 6.54 Å². The maximum absolute atomic E-state index is 13.7. The van der Waals surface area contributed by atoms with Gasteiger partial charge in [-0.2, -0.15) is 4.39 Å². The lowest BCUT2D eigenvalue weighted by Crippen LogP contribution is -2.49. The number of aliphatic hydroxyl groups is 1. The summed E-state index contributed by atoms with van der Waals surface area (Å²) in [6.07, 6.45) is 2.56. The summed E-state index contributed by atoms with van der Waals surface area (Å²) in [6, 6.07) is 1.97. The van der Waals surface area contributed by atoms with Crippen molar-refractivity contribution in [1.29, 1.82) is 0 Å². The van der Waals surface area contributed by atoms with Crippen LogP contribution in [0.4, 0.5) is 8.78 Å². The summed E-state index contributed by atoms with van der Waals surface area (Å²) in [5, 5.41) is 22.5. The van der Waals surface area contributed by atoms with Gasteiger partial charge in [0.05, 0.1) is 11.2 Å². The Morgan fingerprint density at radius 3 is 2.43 bits per heavy atom. The van der Waals surface area contributed by atoms with E-state index in [0.29, 0.717) is 26.1 Å². The fraction of sp³-hybridized carbons (Fsp3) is 0.562. The summed E-state index contributed by atoms with van der Waals surface area (Å²) < 4.78 is 32.3. The van der Waals surface area contributed by atoms with Crippen LogP contribution in [-0.2, 0) is 4.74 Å². The summed E-state index contributed by atoms with van der Waals surface area (Å²) in [5.74, 6) is -4.42. The van der Waals surface area contributed by atoms with Crippen LogP contribution in [0.5, 0.6) is 5.75 Å². The van der Waals surface area contributed by atoms with Crippen LogP contribution >= 0.6 is 0 Å². The number of amides is 1. The van der Waals surface area contributed by atoms with Gasteiger partial charge in [-0.15, -0.1) is 0 Å². The minimum atomic E-state index is -1.44. The maximum Gasteiger partial charge on any atom is 0.254 e. The first-order valence-corrected chi connectivity index (χ1v) is 7.64. The number of rotatable bonds is 4. The number of phenolic OH excluding ortho intramolecular Hbond substituents is 1. The number of aromatic hydroxyl groups is 1. The topological polar surface area (TPSA) is 78.8 Å². The highest BCUT2D eigenvalue weighted by Crippen LogP contribution is 2.57. The van der Waals surface area contributed by atoms with Gasteiger partial charge in [0.25, 0.3) is 5.91 Å². The van der Waals surface area contributed by atoms with Crippen LogP contribution in [0.2, 0.25) is 0 Å². The molecule has 0 radical (unpaired) electrons. The van der Waals surface area contributed by atoms with Gasteiger partial charge in [0, 0.05) is 38.0 Å². The molecule has 5 nitrogen and oxygen atoms in total. The van der Waals surface area contributed by atoms with Crippen LogP contribution in [-0.4, -0.2) is 41.5 Å². The second-order valence-electron chi connectivity index (χ2n) is 6.37. The van der Waals surface area contributed by atoms with Crippen LogP contribution in [0.15, 0.2) is 12.1 Å². The molecule has 1 saturated heterocycles. The largest absolute Gasteiger partial charge is 0.505 e. The van der Waals surface area contributed by atoms with Crippen molar-refractivity contribution in [2.75, 3.05) is 19.8 Å². The number of carbonyl (C=O) groups excluding carboxylic acids is 1. The molecule has 1 aromatic rings. The smallest absolute Gasteiger partial charge is 0.254 e. The Hall–Kier alpha value is -1.73. The van der Waals surface area contributed by atoms with Gasteiger partial charge < -0.3 is 20.3 Å². The number of benzene rings is 1. The monoisotopic (exact) mass is 327 g/mol. The molecule has 1 amide bonds. The van der Waals surface area contributed by atoms with Gasteiger partial charge >= 0.3 is 0 Å². The van der Waals surface area contributed by atoms with E-state index < -0.39 is 39.9 Å². The van der Waals surface area contributed by atoms with Crippen LogP contribution in [0, 0.1) is 17.0 Å². The predicted molar refractivity (Wildman–Crippen MR) is 77.0 cm³/mol. The number of ether oxygens (including phenoxy) is 1. The Morgan fingerprint density at radius 1 is 1.17 bits per heavy atom. The van der Waals surface area contributed by atoms with E-state index in [9.17, 15) is 18.7 Å². The quantitative estimate of drug-likeness (QED) is 0.787. The number of hydrogen-bond acceptors (Lipinski definition) is 4. The first-order chi connectivity index (χ1) is 10.9. The van der Waals surface area contributed by atoms with E-state index in [1.54, 1.807) is 0 Å². The summed E-state index contributed by atoms with van der Waals surface area (Å²) in [4.78, 5) is 12.1. The lowest BCUT2D eigenvalue weighted by Gasteiger charge is -2.39. The molecule has 1 heterocycles. The molecule has 7 heteroatoms. The summed E-state index contributed by atoms with van der Waals surface area (Å²) in [7, 11) is 0. The Morgan fingerprint density at radius 2 is 1.83 bits per heavy atom. The molecule has 1 saturated carbocycles. The van der Waals surface area contributed by atoms with Crippen molar-refractivity contribution in [2.24, 2.45) is 5.41 Å².